The van der Waals surface area contributed by atoms with Gasteiger partial charge in [-0.3, -0.25) is 14.2 Å². The summed E-state index contributed by atoms with van der Waals surface area (Å²) in [5, 5.41) is 18.7. The molecule has 4 aliphatic rings. The minimum Gasteiger partial charge on any atom is -1.00 e. The van der Waals surface area contributed by atoms with Crippen LogP contribution in [0.2, 0.25) is 0 Å². The molecule has 3 radical (unpaired) electrons. The Morgan fingerprint density at radius 2 is 1.30 bits per heavy atom. The Hall–Kier alpha value is -2.13. The quantitative estimate of drug-likeness (QED) is 0.412. The van der Waals surface area contributed by atoms with Gasteiger partial charge in [-0.25, -0.2) is 0 Å². The molecular weight excluding hydrogens is 538 g/mol. The Morgan fingerprint density at radius 1 is 0.837 bits per heavy atom. The van der Waals surface area contributed by atoms with Gasteiger partial charge in [-0.05, 0) is 83.5 Å². The summed E-state index contributed by atoms with van der Waals surface area (Å²) >= 11 is 0. The van der Waals surface area contributed by atoms with Gasteiger partial charge in [0.05, 0.1) is 49.1 Å². The molecule has 0 unspecified atom stereocenters. The maximum atomic E-state index is 11.5. The number of ether oxygens (including phenoxy) is 1. The van der Waals surface area contributed by atoms with E-state index in [4.69, 9.17) is 26.4 Å². The fraction of sp³-hybridized carbons (Fsp3) is 0.767. The number of nitrogen functional groups attached to an aromatic ring is 2. The van der Waals surface area contributed by atoms with E-state index in [1.165, 1.54) is 19.3 Å². The number of piperidine rings is 1. The van der Waals surface area contributed by atoms with Crippen molar-refractivity contribution >= 4 is 37.2 Å². The maximum Gasteiger partial charge on any atom is 1.00 e. The van der Waals surface area contributed by atoms with Crippen molar-refractivity contribution in [2.45, 2.75) is 89.6 Å². The molecule has 0 spiro atoms. The maximum absolute atomic E-state index is 11.5. The monoisotopic (exact) mass is 589 g/mol. The van der Waals surface area contributed by atoms with Crippen molar-refractivity contribution in [1.82, 2.24) is 19.6 Å². The van der Waals surface area contributed by atoms with Crippen LogP contribution in [0, 0.1) is 11.8 Å². The van der Waals surface area contributed by atoms with Crippen LogP contribution in [0.3, 0.4) is 0 Å². The van der Waals surface area contributed by atoms with Gasteiger partial charge < -0.3 is 32.5 Å². The molecule has 13 heteroatoms. The number of hydrogen-bond donors (Lipinski definition) is 3. The van der Waals surface area contributed by atoms with E-state index in [9.17, 15) is 9.90 Å². The van der Waals surface area contributed by atoms with Gasteiger partial charge in [-0.1, -0.05) is 0 Å². The Bertz CT molecular complexity index is 1130. The molecule has 0 aromatic carbocycles. The van der Waals surface area contributed by atoms with Crippen LogP contribution in [-0.2, 0) is 9.53 Å². The van der Waals surface area contributed by atoms with Crippen LogP contribution in [0.15, 0.2) is 12.4 Å². The SMILES string of the molecule is CC(=O)C1CCC(n2cc(N)c(N3CCCCC3)n2)CC1.Nc1cn(C2CCC(CO)CC2)nc1N1CCOCC1.[B].[H-].[Li+]. The number of carbonyl (C=O) groups is 1. The van der Waals surface area contributed by atoms with Crippen LogP contribution in [0.5, 0.6) is 0 Å². The summed E-state index contributed by atoms with van der Waals surface area (Å²) in [5.74, 6) is 2.93. The number of rotatable bonds is 6. The van der Waals surface area contributed by atoms with Crippen molar-refractivity contribution in [3.63, 3.8) is 0 Å². The number of carbonyl (C=O) groups excluding carboxylic acids is 1. The molecule has 2 aliphatic heterocycles. The van der Waals surface area contributed by atoms with Gasteiger partial charge in [0.1, 0.15) is 5.78 Å². The molecule has 2 aromatic heterocycles. The van der Waals surface area contributed by atoms with E-state index in [0.29, 0.717) is 30.4 Å². The normalized spacial score (nSPS) is 26.0. The van der Waals surface area contributed by atoms with E-state index in [1.807, 2.05) is 17.1 Å². The standard InChI is InChI=1S/C16H26N4O.C14H24N4O2.B.Li.H/c1-12(21)13-5-7-14(8-6-13)20-11-15(17)16(18-20)19-9-3-2-4-10-19;15-13-9-18(12-3-1-11(10-19)2-4-12)16-14(13)17-5-7-20-8-6-17;;;/h11,13-14H,2-10,17H2,1H3;9,11-12,19H,1-8,10,15H2;;;/q;;;+1;-1. The smallest absolute Gasteiger partial charge is 1.00 e. The molecule has 0 amide bonds. The number of morpholine rings is 1. The number of anilines is 4. The third-order valence-corrected chi connectivity index (χ3v) is 9.54. The van der Waals surface area contributed by atoms with Crippen molar-refractivity contribution in [1.29, 1.82) is 0 Å². The fourth-order valence-electron chi connectivity index (χ4n) is 6.88. The molecule has 2 aromatic rings. The summed E-state index contributed by atoms with van der Waals surface area (Å²) in [5.41, 5.74) is 13.9. The van der Waals surface area contributed by atoms with Crippen LogP contribution in [0.4, 0.5) is 23.0 Å². The molecule has 43 heavy (non-hydrogen) atoms. The van der Waals surface area contributed by atoms with Crippen molar-refractivity contribution in [3.05, 3.63) is 12.4 Å². The van der Waals surface area contributed by atoms with E-state index < -0.39 is 0 Å². The summed E-state index contributed by atoms with van der Waals surface area (Å²) in [6.45, 7) is 7.37. The second-order valence-electron chi connectivity index (χ2n) is 12.4. The van der Waals surface area contributed by atoms with E-state index in [0.717, 1.165) is 114 Å². The zero-order valence-electron chi connectivity index (χ0n) is 27.4. The van der Waals surface area contributed by atoms with E-state index in [1.54, 1.807) is 6.92 Å². The minimum absolute atomic E-state index is 0. The first kappa shape index (κ1) is 35.4. The summed E-state index contributed by atoms with van der Waals surface area (Å²) in [4.78, 5) is 16.0. The second kappa shape index (κ2) is 16.8. The average Bonchev–Trinajstić information content (AvgIpc) is 3.61. The van der Waals surface area contributed by atoms with Crippen molar-refractivity contribution in [3.8, 4) is 0 Å². The van der Waals surface area contributed by atoms with E-state index in [2.05, 4.69) is 14.5 Å². The van der Waals surface area contributed by atoms with Gasteiger partial charge in [0, 0.05) is 47.1 Å². The first-order valence-corrected chi connectivity index (χ1v) is 15.8. The van der Waals surface area contributed by atoms with Gasteiger partial charge in [0.25, 0.3) is 0 Å². The topological polar surface area (TPSA) is 141 Å². The van der Waals surface area contributed by atoms with Crippen LogP contribution < -0.4 is 40.1 Å². The molecular formula is C30H51BLiN8O3. The van der Waals surface area contributed by atoms with Gasteiger partial charge in [0.2, 0.25) is 0 Å². The molecule has 6 rings (SSSR count). The van der Waals surface area contributed by atoms with Crippen LogP contribution >= 0.6 is 0 Å². The summed E-state index contributed by atoms with van der Waals surface area (Å²) in [6, 6.07) is 0.830. The van der Waals surface area contributed by atoms with Crippen molar-refractivity contribution in [2.75, 3.05) is 67.3 Å². The van der Waals surface area contributed by atoms with Crippen molar-refractivity contribution < 1.29 is 34.9 Å². The van der Waals surface area contributed by atoms with E-state index in [-0.39, 0.29) is 34.6 Å². The molecule has 2 saturated heterocycles. The first-order valence-electron chi connectivity index (χ1n) is 15.8. The summed E-state index contributed by atoms with van der Waals surface area (Å²) in [6.07, 6.45) is 16.1. The molecule has 4 heterocycles. The zero-order chi connectivity index (χ0) is 28.8. The predicted molar refractivity (Wildman–Crippen MR) is 169 cm³/mol. The molecule has 11 nitrogen and oxygen atoms in total. The van der Waals surface area contributed by atoms with Crippen LogP contribution in [0.25, 0.3) is 0 Å². The Balaban J connectivity index is 0.000000287. The number of hydrogen-bond acceptors (Lipinski definition) is 9. The number of aromatic nitrogens is 4. The molecule has 4 fully saturated rings. The second-order valence-corrected chi connectivity index (χ2v) is 12.4. The number of Topliss-reactive ketones (excluding diaryl/α,β-unsaturated/α-hetero) is 1. The minimum atomic E-state index is 0. The van der Waals surface area contributed by atoms with Crippen molar-refractivity contribution in [2.24, 2.45) is 11.8 Å². The molecule has 0 bridgehead atoms. The van der Waals surface area contributed by atoms with Crippen LogP contribution in [0.1, 0.15) is 91.1 Å². The number of ketones is 1. The largest absolute Gasteiger partial charge is 1.00 e. The fourth-order valence-corrected chi connectivity index (χ4v) is 6.88. The molecule has 2 aliphatic carbocycles. The third kappa shape index (κ3) is 8.96. The van der Waals surface area contributed by atoms with Gasteiger partial charge >= 0.3 is 18.9 Å². The molecule has 0 atom stereocenters. The van der Waals surface area contributed by atoms with Gasteiger partial charge in [-0.2, -0.15) is 10.2 Å². The Kier molecular flexibility index (Phi) is 13.8. The molecule has 5 N–H and O–H groups in total. The first-order chi connectivity index (χ1) is 19.9. The van der Waals surface area contributed by atoms with E-state index >= 15 is 0 Å². The van der Waals surface area contributed by atoms with Gasteiger partial charge in [-0.15, -0.1) is 0 Å². The summed E-state index contributed by atoms with van der Waals surface area (Å²) < 4.78 is 9.45. The molecule has 233 valence electrons. The predicted octanol–water partition coefficient (Wildman–Crippen LogP) is 0.537. The average molecular weight is 590 g/mol. The number of nitrogens with two attached hydrogens (primary N) is 2. The third-order valence-electron chi connectivity index (χ3n) is 9.54. The van der Waals surface area contributed by atoms with Gasteiger partial charge in [0.15, 0.2) is 11.6 Å². The Labute approximate surface area is 272 Å². The zero-order valence-corrected chi connectivity index (χ0v) is 26.4. The number of aliphatic hydroxyl groups excluding tert-OH is 1. The Morgan fingerprint density at radius 3 is 1.77 bits per heavy atom. The summed E-state index contributed by atoms with van der Waals surface area (Å²) in [7, 11) is 0. The number of aliphatic hydroxyl groups is 1. The molecule has 2 saturated carbocycles. The van der Waals surface area contributed by atoms with Crippen LogP contribution in [-0.4, -0.2) is 84.9 Å². The number of nitrogens with zero attached hydrogens (tertiary/aromatic N) is 6.